The van der Waals surface area contributed by atoms with Crippen molar-refractivity contribution in [3.8, 4) is 11.5 Å². The maximum Gasteiger partial charge on any atom is 0.291 e. The summed E-state index contributed by atoms with van der Waals surface area (Å²) in [6.07, 6.45) is 3.36. The monoisotopic (exact) mass is 453 g/mol. The van der Waals surface area contributed by atoms with Crippen molar-refractivity contribution in [2.75, 3.05) is 18.5 Å². The van der Waals surface area contributed by atoms with Crippen molar-refractivity contribution in [2.45, 2.75) is 10.9 Å². The van der Waals surface area contributed by atoms with E-state index in [-0.39, 0.29) is 5.76 Å². The van der Waals surface area contributed by atoms with Gasteiger partial charge < -0.3 is 19.2 Å². The van der Waals surface area contributed by atoms with E-state index in [1.54, 1.807) is 30.6 Å². The molecule has 2 aromatic heterocycles. The molecule has 0 atom stereocenters. The Morgan fingerprint density at radius 1 is 1.06 bits per heavy atom. The van der Waals surface area contributed by atoms with Crippen molar-refractivity contribution >= 4 is 45.9 Å². The van der Waals surface area contributed by atoms with Gasteiger partial charge in [0.25, 0.3) is 5.91 Å². The van der Waals surface area contributed by atoms with Crippen LogP contribution in [0.1, 0.15) is 16.1 Å². The lowest BCUT2D eigenvalue weighted by Crippen LogP contribution is -2.17. The number of hydrogen-bond donors (Lipinski definition) is 1. The number of anilines is 1. The first-order valence-electron chi connectivity index (χ1n) is 9.50. The van der Waals surface area contributed by atoms with Crippen LogP contribution in [0.5, 0.6) is 11.5 Å². The van der Waals surface area contributed by atoms with E-state index in [0.717, 1.165) is 10.9 Å². The number of amides is 1. The number of fused-ring (bicyclic) bond motifs is 2. The Morgan fingerprint density at radius 3 is 2.61 bits per heavy atom. The average Bonchev–Trinajstić information content (AvgIpc) is 3.17. The second-order valence-corrected chi connectivity index (χ2v) is 8.01. The third kappa shape index (κ3) is 4.04. The van der Waals surface area contributed by atoms with Crippen LogP contribution in [0.2, 0.25) is 5.02 Å². The lowest BCUT2D eigenvalue weighted by atomic mass is 10.1. The predicted molar refractivity (Wildman–Crippen MR) is 118 cm³/mol. The summed E-state index contributed by atoms with van der Waals surface area (Å²) >= 11 is 7.78. The molecule has 4 aromatic rings. The van der Waals surface area contributed by atoms with Crippen molar-refractivity contribution in [1.82, 2.24) is 9.97 Å². The summed E-state index contributed by atoms with van der Waals surface area (Å²) in [7, 11) is 0. The van der Waals surface area contributed by atoms with Gasteiger partial charge in [0, 0.05) is 41.2 Å². The van der Waals surface area contributed by atoms with Crippen LogP contribution in [0.15, 0.2) is 64.4 Å². The number of carbonyl (C=O) groups excluding carboxylic acids is 1. The minimum atomic E-state index is -0.403. The maximum atomic E-state index is 13.2. The molecule has 0 radical (unpaired) electrons. The highest BCUT2D eigenvalue weighted by molar-refractivity contribution is 7.98. The van der Waals surface area contributed by atoms with Crippen molar-refractivity contribution in [3.05, 3.63) is 71.2 Å². The smallest absolute Gasteiger partial charge is 0.291 e. The van der Waals surface area contributed by atoms with Crippen LogP contribution in [0.25, 0.3) is 11.0 Å². The summed E-state index contributed by atoms with van der Waals surface area (Å²) in [6.45, 7) is 0.898. The van der Waals surface area contributed by atoms with Gasteiger partial charge >= 0.3 is 0 Å². The number of furan rings is 1. The lowest BCUT2D eigenvalue weighted by Gasteiger charge is -2.19. The van der Waals surface area contributed by atoms with E-state index in [2.05, 4.69) is 15.3 Å². The first-order valence-corrected chi connectivity index (χ1v) is 10.9. The Bertz CT molecular complexity index is 1260. The van der Waals surface area contributed by atoms with Gasteiger partial charge in [-0.2, -0.15) is 0 Å². The molecule has 1 amide bonds. The minimum Gasteiger partial charge on any atom is -0.486 e. The zero-order valence-electron chi connectivity index (χ0n) is 16.1. The van der Waals surface area contributed by atoms with Crippen LogP contribution in [0.4, 0.5) is 5.69 Å². The van der Waals surface area contributed by atoms with Gasteiger partial charge in [-0.1, -0.05) is 41.6 Å². The van der Waals surface area contributed by atoms with E-state index in [4.69, 9.17) is 25.5 Å². The van der Waals surface area contributed by atoms with Gasteiger partial charge in [0.1, 0.15) is 18.8 Å². The highest BCUT2D eigenvalue weighted by Gasteiger charge is 2.23. The van der Waals surface area contributed by atoms with Gasteiger partial charge in [-0.15, -0.1) is 0 Å². The van der Waals surface area contributed by atoms with E-state index < -0.39 is 5.91 Å². The summed E-state index contributed by atoms with van der Waals surface area (Å²) in [4.78, 5) is 21.6. The first-order chi connectivity index (χ1) is 15.2. The number of halogens is 1. The number of carbonyl (C=O) groups is 1. The van der Waals surface area contributed by atoms with Crippen LogP contribution in [-0.2, 0) is 5.75 Å². The van der Waals surface area contributed by atoms with E-state index in [1.165, 1.54) is 11.8 Å². The lowest BCUT2D eigenvalue weighted by molar-refractivity contribution is 0.0997. The van der Waals surface area contributed by atoms with Crippen molar-refractivity contribution in [3.63, 3.8) is 0 Å². The van der Waals surface area contributed by atoms with E-state index in [0.29, 0.717) is 51.9 Å². The molecule has 0 saturated heterocycles. The molecule has 0 fully saturated rings. The van der Waals surface area contributed by atoms with Crippen LogP contribution >= 0.6 is 23.4 Å². The van der Waals surface area contributed by atoms with E-state index >= 15 is 0 Å². The van der Waals surface area contributed by atoms with Crippen molar-refractivity contribution in [1.29, 1.82) is 0 Å². The fourth-order valence-corrected chi connectivity index (χ4v) is 4.29. The van der Waals surface area contributed by atoms with Crippen LogP contribution in [0.3, 0.4) is 0 Å². The molecular weight excluding hydrogens is 438 g/mol. The van der Waals surface area contributed by atoms with Crippen molar-refractivity contribution in [2.24, 2.45) is 0 Å². The average molecular weight is 454 g/mol. The molecule has 7 nitrogen and oxygen atoms in total. The quantitative estimate of drug-likeness (QED) is 0.328. The number of hydrogen-bond acceptors (Lipinski definition) is 7. The SMILES string of the molecule is O=C(Nc1cc2c(cc1Cl)OCCO2)c1oc2ccccc2c1CSc1ncccn1. The Morgan fingerprint density at radius 2 is 1.81 bits per heavy atom. The highest BCUT2D eigenvalue weighted by Crippen LogP contribution is 2.38. The molecule has 1 aliphatic rings. The molecule has 156 valence electrons. The fourth-order valence-electron chi connectivity index (χ4n) is 3.26. The van der Waals surface area contributed by atoms with Gasteiger partial charge in [0.2, 0.25) is 0 Å². The molecule has 1 N–H and O–H groups in total. The first kappa shape index (κ1) is 19.7. The normalized spacial score (nSPS) is 12.7. The van der Waals surface area contributed by atoms with Gasteiger partial charge in [-0.05, 0) is 12.1 Å². The molecule has 0 aliphatic carbocycles. The number of nitrogens with zero attached hydrogens (tertiary/aromatic N) is 2. The zero-order chi connectivity index (χ0) is 21.2. The van der Waals surface area contributed by atoms with Crippen LogP contribution in [0, 0.1) is 0 Å². The molecule has 3 heterocycles. The van der Waals surface area contributed by atoms with Gasteiger partial charge in [-0.25, -0.2) is 9.97 Å². The van der Waals surface area contributed by atoms with Gasteiger partial charge in [0.15, 0.2) is 22.4 Å². The Kier molecular flexibility index (Phi) is 5.40. The predicted octanol–water partition coefficient (Wildman–Crippen LogP) is 5.19. The number of benzene rings is 2. The number of para-hydroxylation sites is 1. The Hall–Kier alpha value is -3.23. The minimum absolute atomic E-state index is 0.218. The third-order valence-corrected chi connectivity index (χ3v) is 5.89. The summed E-state index contributed by atoms with van der Waals surface area (Å²) in [5, 5.41) is 4.67. The van der Waals surface area contributed by atoms with Crippen LogP contribution in [-0.4, -0.2) is 29.1 Å². The second kappa shape index (κ2) is 8.49. The summed E-state index contributed by atoms with van der Waals surface area (Å²) in [6, 6.07) is 12.6. The molecule has 0 bridgehead atoms. The molecule has 31 heavy (non-hydrogen) atoms. The topological polar surface area (TPSA) is 86.5 Å². The van der Waals surface area contributed by atoms with E-state index in [1.807, 2.05) is 24.3 Å². The summed E-state index contributed by atoms with van der Waals surface area (Å²) in [5.74, 6) is 1.37. The van der Waals surface area contributed by atoms with Gasteiger partial charge in [0.05, 0.1) is 10.7 Å². The molecule has 2 aromatic carbocycles. The molecule has 1 aliphatic heterocycles. The fraction of sp³-hybridized carbons (Fsp3) is 0.136. The number of ether oxygens (including phenoxy) is 2. The van der Waals surface area contributed by atoms with Crippen LogP contribution < -0.4 is 14.8 Å². The standard InChI is InChI=1S/C22H16ClN3O4S/c23-15-10-18-19(29-9-8-28-18)11-16(15)26-21(27)20-14(12-31-22-24-6-3-7-25-22)13-4-1-2-5-17(13)30-20/h1-7,10-11H,8-9,12H2,(H,26,27). The largest absolute Gasteiger partial charge is 0.486 e. The summed E-state index contributed by atoms with van der Waals surface area (Å²) in [5.41, 5.74) is 1.81. The summed E-state index contributed by atoms with van der Waals surface area (Å²) < 4.78 is 17.0. The molecule has 0 spiro atoms. The zero-order valence-corrected chi connectivity index (χ0v) is 17.7. The van der Waals surface area contributed by atoms with Gasteiger partial charge in [-0.3, -0.25) is 4.79 Å². The second-order valence-electron chi connectivity index (χ2n) is 6.66. The number of aromatic nitrogens is 2. The third-order valence-electron chi connectivity index (χ3n) is 4.67. The highest BCUT2D eigenvalue weighted by atomic mass is 35.5. The van der Waals surface area contributed by atoms with E-state index in [9.17, 15) is 4.79 Å². The molecule has 9 heteroatoms. The number of thioether (sulfide) groups is 1. The molecule has 0 saturated carbocycles. The van der Waals surface area contributed by atoms with Crippen molar-refractivity contribution < 1.29 is 18.7 Å². The maximum absolute atomic E-state index is 13.2. The molecular formula is C22H16ClN3O4S. The molecule has 0 unspecified atom stereocenters. The number of rotatable bonds is 5. The number of nitrogens with one attached hydrogen (secondary N) is 1. The molecule has 5 rings (SSSR count). The Balaban J connectivity index is 1.46. The Labute approximate surface area is 186 Å².